The van der Waals surface area contributed by atoms with Crippen LogP contribution in [0.25, 0.3) is 0 Å². The average Bonchev–Trinajstić information content (AvgIpc) is 2.45. The minimum Gasteiger partial charge on any atom is -0.103 e. The molecule has 108 valence electrons. The quantitative estimate of drug-likeness (QED) is 0.459. The van der Waals surface area contributed by atoms with Gasteiger partial charge < -0.3 is 0 Å². The van der Waals surface area contributed by atoms with E-state index in [2.05, 4.69) is 81.4 Å². The Kier molecular flexibility index (Phi) is 6.34. The Bertz CT molecular complexity index is 605. The molecule has 0 aromatic heterocycles. The van der Waals surface area contributed by atoms with Crippen molar-refractivity contribution in [3.8, 4) is 0 Å². The standard InChI is InChI=1S/C18H16Br2S/c1-3-5-13-11-15(19)7-9-17(13)21-18-10-8-16(20)12-14(18)6-4-2/h3-4,7-12H,1-2,5-6H2. The van der Waals surface area contributed by atoms with Gasteiger partial charge >= 0.3 is 0 Å². The van der Waals surface area contributed by atoms with Gasteiger partial charge in [-0.1, -0.05) is 55.8 Å². The van der Waals surface area contributed by atoms with E-state index in [-0.39, 0.29) is 0 Å². The maximum atomic E-state index is 3.85. The zero-order valence-corrected chi connectivity index (χ0v) is 15.6. The summed E-state index contributed by atoms with van der Waals surface area (Å²) in [5, 5.41) is 0. The summed E-state index contributed by atoms with van der Waals surface area (Å²) < 4.78 is 2.21. The van der Waals surface area contributed by atoms with Gasteiger partial charge in [-0.2, -0.15) is 0 Å². The van der Waals surface area contributed by atoms with Gasteiger partial charge in [0.05, 0.1) is 0 Å². The van der Waals surface area contributed by atoms with Crippen LogP contribution in [0.1, 0.15) is 11.1 Å². The molecule has 2 aromatic rings. The molecule has 0 heterocycles. The van der Waals surface area contributed by atoms with Crippen LogP contribution < -0.4 is 0 Å². The van der Waals surface area contributed by atoms with E-state index in [4.69, 9.17) is 0 Å². The van der Waals surface area contributed by atoms with E-state index in [1.54, 1.807) is 11.8 Å². The van der Waals surface area contributed by atoms with Crippen LogP contribution in [0.3, 0.4) is 0 Å². The number of rotatable bonds is 6. The molecule has 0 aliphatic rings. The van der Waals surface area contributed by atoms with Crippen molar-refractivity contribution in [2.75, 3.05) is 0 Å². The van der Waals surface area contributed by atoms with Crippen LogP contribution in [0.4, 0.5) is 0 Å². The molecule has 3 heteroatoms. The molecular formula is C18H16Br2S. The predicted octanol–water partition coefficient (Wildman–Crippen LogP) is 6.82. The SMILES string of the molecule is C=CCc1cc(Br)ccc1Sc1ccc(Br)cc1CC=C. The monoisotopic (exact) mass is 422 g/mol. The third kappa shape index (κ3) is 4.60. The van der Waals surface area contributed by atoms with Gasteiger partial charge in [-0.15, -0.1) is 13.2 Å². The minimum absolute atomic E-state index is 0.870. The largest absolute Gasteiger partial charge is 0.103 e. The molecule has 0 amide bonds. The molecule has 0 fully saturated rings. The Balaban J connectivity index is 2.37. The van der Waals surface area contributed by atoms with Gasteiger partial charge in [0.1, 0.15) is 0 Å². The Morgan fingerprint density at radius 1 is 0.810 bits per heavy atom. The smallest absolute Gasteiger partial charge is 0.0178 e. The van der Waals surface area contributed by atoms with Crippen molar-refractivity contribution in [1.82, 2.24) is 0 Å². The highest BCUT2D eigenvalue weighted by Crippen LogP contribution is 2.35. The maximum absolute atomic E-state index is 3.85. The minimum atomic E-state index is 0.870. The van der Waals surface area contributed by atoms with E-state index in [0.717, 1.165) is 21.8 Å². The van der Waals surface area contributed by atoms with Crippen LogP contribution in [0.2, 0.25) is 0 Å². The first-order valence-corrected chi connectivity index (χ1v) is 9.00. The number of hydrogen-bond acceptors (Lipinski definition) is 1. The van der Waals surface area contributed by atoms with Crippen LogP contribution in [-0.4, -0.2) is 0 Å². The molecular weight excluding hydrogens is 408 g/mol. The summed E-state index contributed by atoms with van der Waals surface area (Å²) in [6.07, 6.45) is 5.63. The van der Waals surface area contributed by atoms with Gasteiger partial charge in [0.2, 0.25) is 0 Å². The second kappa shape index (κ2) is 8.02. The van der Waals surface area contributed by atoms with Crippen LogP contribution in [0.5, 0.6) is 0 Å². The van der Waals surface area contributed by atoms with Crippen LogP contribution in [0.15, 0.2) is 80.4 Å². The molecule has 0 atom stereocenters. The lowest BCUT2D eigenvalue weighted by atomic mass is 10.1. The first-order chi connectivity index (χ1) is 10.1. The van der Waals surface area contributed by atoms with Crippen molar-refractivity contribution in [3.05, 3.63) is 81.8 Å². The fourth-order valence-corrected chi connectivity index (χ4v) is 3.92. The van der Waals surface area contributed by atoms with Gasteiger partial charge in [-0.3, -0.25) is 0 Å². The van der Waals surface area contributed by atoms with Crippen LogP contribution in [-0.2, 0) is 12.8 Å². The lowest BCUT2D eigenvalue weighted by Crippen LogP contribution is -1.90. The summed E-state index contributed by atoms with van der Waals surface area (Å²) in [4.78, 5) is 2.54. The van der Waals surface area contributed by atoms with Gasteiger partial charge in [0.15, 0.2) is 0 Å². The summed E-state index contributed by atoms with van der Waals surface area (Å²) >= 11 is 8.88. The first-order valence-electron chi connectivity index (χ1n) is 6.60. The molecule has 2 aromatic carbocycles. The Morgan fingerprint density at radius 3 is 1.62 bits per heavy atom. The van der Waals surface area contributed by atoms with E-state index in [1.807, 2.05) is 12.2 Å². The lowest BCUT2D eigenvalue weighted by molar-refractivity contribution is 1.15. The fourth-order valence-electron chi connectivity index (χ4n) is 2.04. The zero-order chi connectivity index (χ0) is 15.2. The molecule has 0 saturated heterocycles. The van der Waals surface area contributed by atoms with E-state index in [9.17, 15) is 0 Å². The second-order valence-corrected chi connectivity index (χ2v) is 7.51. The fraction of sp³-hybridized carbons (Fsp3) is 0.111. The summed E-state index contributed by atoms with van der Waals surface area (Å²) in [6.45, 7) is 7.70. The molecule has 0 bridgehead atoms. The second-order valence-electron chi connectivity index (χ2n) is 4.59. The highest BCUT2D eigenvalue weighted by Gasteiger charge is 2.08. The van der Waals surface area contributed by atoms with Crippen molar-refractivity contribution in [1.29, 1.82) is 0 Å². The summed E-state index contributed by atoms with van der Waals surface area (Å²) in [5.41, 5.74) is 2.58. The number of halogens is 2. The van der Waals surface area contributed by atoms with Gasteiger partial charge in [0.25, 0.3) is 0 Å². The number of benzene rings is 2. The van der Waals surface area contributed by atoms with Crippen molar-refractivity contribution >= 4 is 43.6 Å². The van der Waals surface area contributed by atoms with E-state index < -0.39 is 0 Å². The normalized spacial score (nSPS) is 10.4. The summed E-state index contributed by atoms with van der Waals surface area (Å²) in [7, 11) is 0. The molecule has 0 spiro atoms. The molecule has 0 aliphatic carbocycles. The lowest BCUT2D eigenvalue weighted by Gasteiger charge is -2.12. The Labute approximate surface area is 147 Å². The number of allylic oxidation sites excluding steroid dienone is 2. The highest BCUT2D eigenvalue weighted by molar-refractivity contribution is 9.10. The third-order valence-electron chi connectivity index (χ3n) is 2.99. The molecule has 0 N–H and O–H groups in total. The Hall–Kier alpha value is -0.770. The van der Waals surface area contributed by atoms with Crippen molar-refractivity contribution in [3.63, 3.8) is 0 Å². The van der Waals surface area contributed by atoms with Gasteiger partial charge in [0, 0.05) is 18.7 Å². The zero-order valence-electron chi connectivity index (χ0n) is 11.6. The van der Waals surface area contributed by atoms with E-state index >= 15 is 0 Å². The third-order valence-corrected chi connectivity index (χ3v) is 5.22. The van der Waals surface area contributed by atoms with Gasteiger partial charge in [-0.05, 0) is 60.4 Å². The van der Waals surface area contributed by atoms with Gasteiger partial charge in [-0.25, -0.2) is 0 Å². The topological polar surface area (TPSA) is 0 Å². The molecule has 0 aliphatic heterocycles. The molecule has 0 unspecified atom stereocenters. The molecule has 2 rings (SSSR count). The van der Waals surface area contributed by atoms with Crippen LogP contribution >= 0.6 is 43.6 Å². The average molecular weight is 424 g/mol. The first kappa shape index (κ1) is 16.6. The van der Waals surface area contributed by atoms with E-state index in [1.165, 1.54) is 20.9 Å². The maximum Gasteiger partial charge on any atom is 0.0178 e. The van der Waals surface area contributed by atoms with Crippen molar-refractivity contribution in [2.45, 2.75) is 22.6 Å². The Morgan fingerprint density at radius 2 is 1.24 bits per heavy atom. The number of hydrogen-bond donors (Lipinski definition) is 0. The highest BCUT2D eigenvalue weighted by atomic mass is 79.9. The predicted molar refractivity (Wildman–Crippen MR) is 100 cm³/mol. The summed E-state index contributed by atoms with van der Waals surface area (Å²) in [5.74, 6) is 0. The van der Waals surface area contributed by atoms with Crippen molar-refractivity contribution < 1.29 is 0 Å². The van der Waals surface area contributed by atoms with E-state index in [0.29, 0.717) is 0 Å². The summed E-state index contributed by atoms with van der Waals surface area (Å²) in [6, 6.07) is 12.8. The molecule has 0 nitrogen and oxygen atoms in total. The van der Waals surface area contributed by atoms with Crippen LogP contribution in [0, 0.1) is 0 Å². The van der Waals surface area contributed by atoms with Crippen molar-refractivity contribution in [2.24, 2.45) is 0 Å². The molecule has 0 saturated carbocycles. The molecule has 21 heavy (non-hydrogen) atoms. The molecule has 0 radical (unpaired) electrons.